The van der Waals surface area contributed by atoms with E-state index in [1.165, 1.54) is 5.56 Å². The van der Waals surface area contributed by atoms with E-state index in [2.05, 4.69) is 4.90 Å². The Morgan fingerprint density at radius 2 is 1.93 bits per heavy atom. The van der Waals surface area contributed by atoms with E-state index in [1.54, 1.807) is 12.1 Å². The van der Waals surface area contributed by atoms with Crippen LogP contribution in [-0.2, 0) is 16.4 Å². The van der Waals surface area contributed by atoms with Gasteiger partial charge in [-0.15, -0.1) is 0 Å². The van der Waals surface area contributed by atoms with Crippen molar-refractivity contribution in [3.8, 4) is 5.75 Å². The standard InChI is InChI=1S/C22H28ClNO4S/c1-16-3-5-18(6-4-16)12-24(19-9-10-29(26,27)15-19)13-20(25)14-28-21-7-8-22(23)17(2)11-21/h3-8,11,19-20,25H,9-10,12-15H2,1-2H3. The average Bonchev–Trinajstić information content (AvgIpc) is 3.04. The second-order valence-corrected chi connectivity index (χ2v) is 10.5. The minimum atomic E-state index is -3.01. The quantitative estimate of drug-likeness (QED) is 0.685. The van der Waals surface area contributed by atoms with Gasteiger partial charge >= 0.3 is 0 Å². The van der Waals surface area contributed by atoms with Crippen molar-refractivity contribution < 1.29 is 18.3 Å². The second kappa shape index (κ2) is 9.47. The molecule has 0 aromatic heterocycles. The Morgan fingerprint density at radius 1 is 1.21 bits per heavy atom. The third kappa shape index (κ3) is 6.44. The number of sulfone groups is 1. The minimum absolute atomic E-state index is 0.0891. The summed E-state index contributed by atoms with van der Waals surface area (Å²) in [6, 6.07) is 13.5. The van der Waals surface area contributed by atoms with Crippen LogP contribution in [0.25, 0.3) is 0 Å². The number of rotatable bonds is 8. The van der Waals surface area contributed by atoms with Crippen molar-refractivity contribution in [1.82, 2.24) is 4.90 Å². The number of benzene rings is 2. The summed E-state index contributed by atoms with van der Waals surface area (Å²) in [5, 5.41) is 11.2. The van der Waals surface area contributed by atoms with Gasteiger partial charge in [0.2, 0.25) is 0 Å². The number of aryl methyl sites for hydroxylation is 2. The molecule has 29 heavy (non-hydrogen) atoms. The average molecular weight is 438 g/mol. The van der Waals surface area contributed by atoms with Crippen molar-refractivity contribution in [2.75, 3.05) is 24.7 Å². The molecule has 2 unspecified atom stereocenters. The monoisotopic (exact) mass is 437 g/mol. The molecule has 1 aliphatic rings. The number of ether oxygens (including phenoxy) is 1. The Balaban J connectivity index is 1.64. The van der Waals surface area contributed by atoms with E-state index in [0.717, 1.165) is 11.1 Å². The molecule has 1 aliphatic heterocycles. The maximum absolute atomic E-state index is 12.0. The number of halogens is 1. The van der Waals surface area contributed by atoms with Crippen LogP contribution in [0.4, 0.5) is 0 Å². The Hall–Kier alpha value is -1.60. The molecule has 5 nitrogen and oxygen atoms in total. The van der Waals surface area contributed by atoms with Gasteiger partial charge in [0, 0.05) is 24.2 Å². The van der Waals surface area contributed by atoms with Crippen LogP contribution in [0.3, 0.4) is 0 Å². The first-order valence-corrected chi connectivity index (χ1v) is 12.0. The van der Waals surface area contributed by atoms with E-state index in [0.29, 0.717) is 30.3 Å². The molecule has 2 aromatic carbocycles. The molecule has 3 rings (SSSR count). The first-order valence-electron chi connectivity index (χ1n) is 9.79. The molecule has 0 spiro atoms. The van der Waals surface area contributed by atoms with E-state index < -0.39 is 15.9 Å². The fourth-order valence-corrected chi connectivity index (χ4v) is 5.44. The predicted octanol–water partition coefficient (Wildman–Crippen LogP) is 3.39. The summed E-state index contributed by atoms with van der Waals surface area (Å²) in [5.74, 6) is 1.00. The second-order valence-electron chi connectivity index (χ2n) is 7.85. The van der Waals surface area contributed by atoms with Gasteiger partial charge in [0.05, 0.1) is 11.5 Å². The van der Waals surface area contributed by atoms with Crippen LogP contribution in [0, 0.1) is 13.8 Å². The van der Waals surface area contributed by atoms with Gasteiger partial charge in [-0.2, -0.15) is 0 Å². The molecule has 7 heteroatoms. The summed E-state index contributed by atoms with van der Waals surface area (Å²) >= 11 is 6.03. The summed E-state index contributed by atoms with van der Waals surface area (Å²) in [7, 11) is -3.01. The Kier molecular flexibility index (Phi) is 7.22. The van der Waals surface area contributed by atoms with Gasteiger partial charge in [-0.1, -0.05) is 41.4 Å². The van der Waals surface area contributed by atoms with Crippen molar-refractivity contribution in [3.05, 3.63) is 64.2 Å². The molecule has 0 aliphatic carbocycles. The summed E-state index contributed by atoms with van der Waals surface area (Å²) in [5.41, 5.74) is 3.19. The summed E-state index contributed by atoms with van der Waals surface area (Å²) in [6.07, 6.45) is -0.141. The van der Waals surface area contributed by atoms with E-state index in [-0.39, 0.29) is 24.2 Å². The van der Waals surface area contributed by atoms with E-state index in [4.69, 9.17) is 16.3 Å². The van der Waals surface area contributed by atoms with E-state index >= 15 is 0 Å². The van der Waals surface area contributed by atoms with Crippen LogP contribution in [0.1, 0.15) is 23.1 Å². The van der Waals surface area contributed by atoms with Crippen LogP contribution in [-0.4, -0.2) is 55.2 Å². The fraction of sp³-hybridized carbons (Fsp3) is 0.455. The molecule has 1 heterocycles. The van der Waals surface area contributed by atoms with Gasteiger partial charge in [-0.05, 0) is 49.6 Å². The van der Waals surface area contributed by atoms with E-state index in [1.807, 2.05) is 44.2 Å². The van der Waals surface area contributed by atoms with Crippen molar-refractivity contribution in [1.29, 1.82) is 0 Å². The molecule has 0 radical (unpaired) electrons. The first kappa shape index (κ1) is 22.1. The van der Waals surface area contributed by atoms with Gasteiger partial charge in [0.25, 0.3) is 0 Å². The molecule has 1 saturated heterocycles. The minimum Gasteiger partial charge on any atom is -0.491 e. The maximum Gasteiger partial charge on any atom is 0.151 e. The topological polar surface area (TPSA) is 66.8 Å². The molecular formula is C22H28ClNO4S. The van der Waals surface area contributed by atoms with Gasteiger partial charge in [0.1, 0.15) is 18.5 Å². The highest BCUT2D eigenvalue weighted by molar-refractivity contribution is 7.91. The highest BCUT2D eigenvalue weighted by Crippen LogP contribution is 2.23. The SMILES string of the molecule is Cc1ccc(CN(CC(O)COc2ccc(Cl)c(C)c2)C2CCS(=O)(=O)C2)cc1. The summed E-state index contributed by atoms with van der Waals surface area (Å²) in [4.78, 5) is 2.07. The molecule has 1 fully saturated rings. The van der Waals surface area contributed by atoms with E-state index in [9.17, 15) is 13.5 Å². The lowest BCUT2D eigenvalue weighted by Crippen LogP contribution is -2.42. The Bertz CT molecular complexity index is 930. The normalized spacial score (nSPS) is 19.4. The molecule has 0 bridgehead atoms. The predicted molar refractivity (Wildman–Crippen MR) is 116 cm³/mol. The summed E-state index contributed by atoms with van der Waals surface area (Å²) in [6.45, 7) is 5.00. The Labute approximate surface area is 178 Å². The highest BCUT2D eigenvalue weighted by Gasteiger charge is 2.33. The molecule has 1 N–H and O–H groups in total. The first-order chi connectivity index (χ1) is 13.7. The van der Waals surface area contributed by atoms with Crippen LogP contribution in [0.5, 0.6) is 5.75 Å². The number of hydrogen-bond donors (Lipinski definition) is 1. The number of nitrogens with zero attached hydrogens (tertiary/aromatic N) is 1. The zero-order chi connectivity index (χ0) is 21.0. The molecule has 0 amide bonds. The van der Waals surface area contributed by atoms with Crippen molar-refractivity contribution >= 4 is 21.4 Å². The van der Waals surface area contributed by atoms with Crippen LogP contribution in [0.2, 0.25) is 5.02 Å². The van der Waals surface area contributed by atoms with Crippen molar-refractivity contribution in [2.45, 2.75) is 39.0 Å². The third-order valence-corrected chi connectivity index (χ3v) is 7.42. The smallest absolute Gasteiger partial charge is 0.151 e. The van der Waals surface area contributed by atoms with Crippen LogP contribution >= 0.6 is 11.6 Å². The van der Waals surface area contributed by atoms with Gasteiger partial charge in [-0.3, -0.25) is 4.90 Å². The van der Waals surface area contributed by atoms with Crippen LogP contribution in [0.15, 0.2) is 42.5 Å². The molecule has 0 saturated carbocycles. The third-order valence-electron chi connectivity index (χ3n) is 5.25. The van der Waals surface area contributed by atoms with Gasteiger partial charge < -0.3 is 9.84 Å². The van der Waals surface area contributed by atoms with Crippen molar-refractivity contribution in [2.24, 2.45) is 0 Å². The van der Waals surface area contributed by atoms with Gasteiger partial charge in [-0.25, -0.2) is 8.42 Å². The van der Waals surface area contributed by atoms with Crippen molar-refractivity contribution in [3.63, 3.8) is 0 Å². The van der Waals surface area contributed by atoms with Crippen LogP contribution < -0.4 is 4.74 Å². The molecule has 158 valence electrons. The largest absolute Gasteiger partial charge is 0.491 e. The lowest BCUT2D eigenvalue weighted by molar-refractivity contribution is 0.0524. The zero-order valence-corrected chi connectivity index (χ0v) is 18.4. The van der Waals surface area contributed by atoms with Gasteiger partial charge in [0.15, 0.2) is 9.84 Å². The zero-order valence-electron chi connectivity index (χ0n) is 16.8. The number of aliphatic hydroxyl groups excluding tert-OH is 1. The lowest BCUT2D eigenvalue weighted by Gasteiger charge is -2.30. The molecule has 2 aromatic rings. The fourth-order valence-electron chi connectivity index (χ4n) is 3.56. The number of aliphatic hydroxyl groups is 1. The molecule has 2 atom stereocenters. The maximum atomic E-state index is 12.0. The summed E-state index contributed by atoms with van der Waals surface area (Å²) < 4.78 is 29.7. The lowest BCUT2D eigenvalue weighted by atomic mass is 10.1. The molecular weight excluding hydrogens is 410 g/mol. The Morgan fingerprint density at radius 3 is 2.55 bits per heavy atom. The number of hydrogen-bond acceptors (Lipinski definition) is 5. The highest BCUT2D eigenvalue weighted by atomic mass is 35.5.